The molecule has 20 heavy (non-hydrogen) atoms. The van der Waals surface area contributed by atoms with Crippen molar-refractivity contribution in [1.29, 1.82) is 0 Å². The molecule has 0 saturated heterocycles. The van der Waals surface area contributed by atoms with Crippen molar-refractivity contribution in [2.75, 3.05) is 4.72 Å². The van der Waals surface area contributed by atoms with Gasteiger partial charge in [-0.15, -0.1) is 0 Å². The molecule has 0 aliphatic heterocycles. The fraction of sp³-hybridized carbons (Fsp3) is 0. The summed E-state index contributed by atoms with van der Waals surface area (Å²) >= 11 is 0. The maximum absolute atomic E-state index is 12.1. The van der Waals surface area contributed by atoms with E-state index in [0.717, 1.165) is 11.6 Å². The molecule has 0 radical (unpaired) electrons. The number of rotatable bonds is 5. The molecule has 0 fully saturated rings. The highest BCUT2D eigenvalue weighted by atomic mass is 32.2. The van der Waals surface area contributed by atoms with Crippen LogP contribution in [0.3, 0.4) is 0 Å². The van der Waals surface area contributed by atoms with Crippen LogP contribution in [0.4, 0.5) is 5.69 Å². The van der Waals surface area contributed by atoms with E-state index >= 15 is 0 Å². The number of aliphatic carboxylic acids is 1. The summed E-state index contributed by atoms with van der Waals surface area (Å²) in [6.45, 7) is 0. The Hall–Kier alpha value is -2.40. The van der Waals surface area contributed by atoms with Crippen molar-refractivity contribution >= 4 is 28.7 Å². The number of benzene rings is 2. The minimum atomic E-state index is -1.35. The van der Waals surface area contributed by atoms with Crippen LogP contribution in [0, 0.1) is 0 Å². The fourth-order valence-corrected chi connectivity index (χ4v) is 2.45. The second kappa shape index (κ2) is 6.68. The minimum absolute atomic E-state index is 0.666. The van der Waals surface area contributed by atoms with Crippen molar-refractivity contribution in [2.24, 2.45) is 0 Å². The number of anilines is 1. The highest BCUT2D eigenvalue weighted by molar-refractivity contribution is 7.86. The second-order valence-electron chi connectivity index (χ2n) is 3.98. The van der Waals surface area contributed by atoms with E-state index in [1.54, 1.807) is 36.4 Å². The Balaban J connectivity index is 2.12. The van der Waals surface area contributed by atoms with E-state index in [1.807, 2.05) is 18.2 Å². The summed E-state index contributed by atoms with van der Waals surface area (Å²) in [4.78, 5) is 11.1. The smallest absolute Gasteiger partial charge is 0.328 e. The van der Waals surface area contributed by atoms with E-state index in [2.05, 4.69) is 4.72 Å². The molecular weight excluding hydrogens is 274 g/mol. The van der Waals surface area contributed by atoms with Crippen LogP contribution in [0.5, 0.6) is 0 Å². The van der Waals surface area contributed by atoms with Gasteiger partial charge in [-0.1, -0.05) is 30.3 Å². The highest BCUT2D eigenvalue weighted by Crippen LogP contribution is 2.15. The molecule has 2 aromatic rings. The lowest BCUT2D eigenvalue weighted by molar-refractivity contribution is -0.131. The van der Waals surface area contributed by atoms with Gasteiger partial charge in [0.2, 0.25) is 0 Å². The first-order valence-electron chi connectivity index (χ1n) is 5.90. The summed E-state index contributed by atoms with van der Waals surface area (Å²) in [6, 6.07) is 16.1. The minimum Gasteiger partial charge on any atom is -0.478 e. The van der Waals surface area contributed by atoms with Gasteiger partial charge >= 0.3 is 5.97 Å². The number of carbonyl (C=O) groups is 1. The molecule has 0 aliphatic rings. The lowest BCUT2D eigenvalue weighted by Crippen LogP contribution is -2.04. The zero-order chi connectivity index (χ0) is 14.4. The Morgan fingerprint density at radius 3 is 2.55 bits per heavy atom. The molecule has 102 valence electrons. The molecule has 0 aliphatic carbocycles. The van der Waals surface area contributed by atoms with Gasteiger partial charge in [0.05, 0.1) is 4.90 Å². The average molecular weight is 287 g/mol. The van der Waals surface area contributed by atoms with Gasteiger partial charge in [0.1, 0.15) is 11.0 Å². The van der Waals surface area contributed by atoms with Gasteiger partial charge in [-0.2, -0.15) is 0 Å². The van der Waals surface area contributed by atoms with Crippen LogP contribution in [-0.2, 0) is 15.8 Å². The number of carboxylic acids is 1. The van der Waals surface area contributed by atoms with Crippen LogP contribution in [0.15, 0.2) is 65.6 Å². The summed E-state index contributed by atoms with van der Waals surface area (Å²) in [5.41, 5.74) is 1.39. The number of hydrogen-bond acceptors (Lipinski definition) is 2. The standard InChI is InChI=1S/C15H13NO3S/c17-15(18)10-9-12-5-4-6-13(11-12)16-20(19)14-7-2-1-3-8-14/h1-11,16H,(H,17,18)/b10-9+. The first-order valence-corrected chi connectivity index (χ1v) is 7.05. The van der Waals surface area contributed by atoms with Gasteiger partial charge in [0.25, 0.3) is 0 Å². The van der Waals surface area contributed by atoms with E-state index in [4.69, 9.17) is 5.11 Å². The molecule has 0 saturated carbocycles. The Bertz CT molecular complexity index is 653. The third-order valence-corrected chi connectivity index (χ3v) is 3.59. The summed E-state index contributed by atoms with van der Waals surface area (Å²) in [6.07, 6.45) is 2.55. The summed E-state index contributed by atoms with van der Waals surface area (Å²) in [5.74, 6) is -1.00. The first-order chi connectivity index (χ1) is 9.65. The Labute approximate surface area is 119 Å². The van der Waals surface area contributed by atoms with Crippen LogP contribution in [-0.4, -0.2) is 15.3 Å². The lowest BCUT2D eigenvalue weighted by Gasteiger charge is -2.06. The molecular formula is C15H13NO3S. The van der Waals surface area contributed by atoms with Crippen molar-refractivity contribution in [3.63, 3.8) is 0 Å². The van der Waals surface area contributed by atoms with Crippen LogP contribution in [0.1, 0.15) is 5.56 Å². The van der Waals surface area contributed by atoms with Gasteiger partial charge in [-0.05, 0) is 35.9 Å². The molecule has 2 rings (SSSR count). The van der Waals surface area contributed by atoms with Gasteiger partial charge in [0, 0.05) is 11.8 Å². The second-order valence-corrected chi connectivity index (χ2v) is 5.19. The van der Waals surface area contributed by atoms with Crippen molar-refractivity contribution in [2.45, 2.75) is 4.90 Å². The normalized spacial score (nSPS) is 12.2. The fourth-order valence-electron chi connectivity index (χ4n) is 1.58. The zero-order valence-electron chi connectivity index (χ0n) is 10.5. The molecule has 2 aromatic carbocycles. The quantitative estimate of drug-likeness (QED) is 0.831. The predicted molar refractivity (Wildman–Crippen MR) is 79.6 cm³/mol. The zero-order valence-corrected chi connectivity index (χ0v) is 11.3. The van der Waals surface area contributed by atoms with E-state index in [1.165, 1.54) is 6.08 Å². The first kappa shape index (κ1) is 14.0. The SMILES string of the molecule is O=C(O)/C=C/c1cccc(NS(=O)c2ccccc2)c1. The molecule has 0 bridgehead atoms. The van der Waals surface area contributed by atoms with Crippen molar-refractivity contribution in [3.05, 3.63) is 66.2 Å². The van der Waals surface area contributed by atoms with Gasteiger partial charge in [-0.25, -0.2) is 9.00 Å². The summed E-state index contributed by atoms with van der Waals surface area (Å²) in [7, 11) is -1.35. The van der Waals surface area contributed by atoms with E-state index in [-0.39, 0.29) is 0 Å². The van der Waals surface area contributed by atoms with Crippen LogP contribution in [0.25, 0.3) is 6.08 Å². The Morgan fingerprint density at radius 1 is 1.10 bits per heavy atom. The third kappa shape index (κ3) is 4.07. The molecule has 4 nitrogen and oxygen atoms in total. The maximum Gasteiger partial charge on any atom is 0.328 e. The number of carboxylic acid groups (broad SMARTS) is 1. The molecule has 0 heterocycles. The van der Waals surface area contributed by atoms with Crippen molar-refractivity contribution in [1.82, 2.24) is 0 Å². The molecule has 2 N–H and O–H groups in total. The maximum atomic E-state index is 12.1. The monoisotopic (exact) mass is 287 g/mol. The van der Waals surface area contributed by atoms with E-state index < -0.39 is 17.0 Å². The number of nitrogens with one attached hydrogen (secondary N) is 1. The summed E-state index contributed by atoms with van der Waals surface area (Å²) < 4.78 is 15.0. The van der Waals surface area contributed by atoms with Crippen LogP contribution in [0.2, 0.25) is 0 Å². The Kier molecular flexibility index (Phi) is 4.68. The molecule has 0 spiro atoms. The predicted octanol–water partition coefficient (Wildman–Crippen LogP) is 2.92. The Morgan fingerprint density at radius 2 is 1.85 bits per heavy atom. The van der Waals surface area contributed by atoms with E-state index in [0.29, 0.717) is 10.6 Å². The molecule has 0 aromatic heterocycles. The lowest BCUT2D eigenvalue weighted by atomic mass is 10.2. The van der Waals surface area contributed by atoms with Gasteiger partial charge in [0.15, 0.2) is 0 Å². The van der Waals surface area contributed by atoms with Gasteiger partial charge < -0.3 is 9.83 Å². The van der Waals surface area contributed by atoms with Gasteiger partial charge in [-0.3, -0.25) is 0 Å². The molecule has 1 atom stereocenters. The number of hydrogen-bond donors (Lipinski definition) is 2. The van der Waals surface area contributed by atoms with E-state index in [9.17, 15) is 9.00 Å². The topological polar surface area (TPSA) is 66.4 Å². The van der Waals surface area contributed by atoms with Crippen molar-refractivity contribution in [3.8, 4) is 0 Å². The van der Waals surface area contributed by atoms with Crippen LogP contribution >= 0.6 is 0 Å². The molecule has 5 heteroatoms. The molecule has 0 amide bonds. The molecule has 1 unspecified atom stereocenters. The third-order valence-electron chi connectivity index (χ3n) is 2.47. The van der Waals surface area contributed by atoms with Crippen molar-refractivity contribution < 1.29 is 14.1 Å². The van der Waals surface area contributed by atoms with Crippen LogP contribution < -0.4 is 4.72 Å². The largest absolute Gasteiger partial charge is 0.478 e. The average Bonchev–Trinajstić information content (AvgIpc) is 2.46. The highest BCUT2D eigenvalue weighted by Gasteiger charge is 2.03. The summed E-state index contributed by atoms with van der Waals surface area (Å²) in [5, 5.41) is 8.59.